The van der Waals surface area contributed by atoms with E-state index >= 15 is 0 Å². The molecule has 0 heterocycles. The smallest absolute Gasteiger partial charge is 0.191 e. The monoisotopic (exact) mass is 343 g/mol. The van der Waals surface area contributed by atoms with Gasteiger partial charge in [-0.15, -0.1) is 0 Å². The first-order chi connectivity index (χ1) is 12.1. The molecule has 0 saturated heterocycles. The second-order valence-corrected chi connectivity index (χ2v) is 5.89. The van der Waals surface area contributed by atoms with Crippen molar-refractivity contribution >= 4 is 5.96 Å². The lowest BCUT2D eigenvalue weighted by molar-refractivity contribution is 0.181. The van der Waals surface area contributed by atoms with Gasteiger partial charge in [0.05, 0.1) is 13.2 Å². The minimum atomic E-state index is -0.251. The van der Waals surface area contributed by atoms with Crippen LogP contribution in [0.2, 0.25) is 0 Å². The standard InChI is InChI=1S/C20H26FN3O/c1-4-22-20(23-12-16-7-5-15(2)6-8-16)24-13-17-9-10-19(21)18(11-17)14-25-3/h5-11H,4,12-14H2,1-3H3,(H2,22,23,24). The van der Waals surface area contributed by atoms with Crippen molar-refractivity contribution in [1.29, 1.82) is 0 Å². The maximum Gasteiger partial charge on any atom is 0.191 e. The lowest BCUT2D eigenvalue weighted by atomic mass is 10.1. The molecule has 4 nitrogen and oxygen atoms in total. The summed E-state index contributed by atoms with van der Waals surface area (Å²) in [5.41, 5.74) is 3.93. The van der Waals surface area contributed by atoms with Crippen LogP contribution in [0.25, 0.3) is 0 Å². The number of aryl methyl sites for hydroxylation is 1. The van der Waals surface area contributed by atoms with Gasteiger partial charge in [0.25, 0.3) is 0 Å². The highest BCUT2D eigenvalue weighted by Gasteiger charge is 2.04. The number of hydrogen-bond donors (Lipinski definition) is 2. The summed E-state index contributed by atoms with van der Waals surface area (Å²) in [6.45, 7) is 6.30. The molecule has 0 aliphatic carbocycles. The van der Waals surface area contributed by atoms with Gasteiger partial charge in [-0.1, -0.05) is 35.9 Å². The third-order valence-electron chi connectivity index (χ3n) is 3.75. The van der Waals surface area contributed by atoms with E-state index in [-0.39, 0.29) is 12.4 Å². The van der Waals surface area contributed by atoms with Crippen LogP contribution in [0.3, 0.4) is 0 Å². The second-order valence-electron chi connectivity index (χ2n) is 5.89. The van der Waals surface area contributed by atoms with Gasteiger partial charge in [0, 0.05) is 25.8 Å². The zero-order valence-corrected chi connectivity index (χ0v) is 15.1. The van der Waals surface area contributed by atoms with Crippen LogP contribution in [-0.4, -0.2) is 19.6 Å². The summed E-state index contributed by atoms with van der Waals surface area (Å²) < 4.78 is 18.7. The number of ether oxygens (including phenoxy) is 1. The largest absolute Gasteiger partial charge is 0.380 e. The maximum atomic E-state index is 13.7. The summed E-state index contributed by atoms with van der Waals surface area (Å²) >= 11 is 0. The van der Waals surface area contributed by atoms with Gasteiger partial charge < -0.3 is 15.4 Å². The summed E-state index contributed by atoms with van der Waals surface area (Å²) in [6.07, 6.45) is 0. The van der Waals surface area contributed by atoms with E-state index < -0.39 is 0 Å². The fraction of sp³-hybridized carbons (Fsp3) is 0.350. The molecule has 0 saturated carbocycles. The van der Waals surface area contributed by atoms with Gasteiger partial charge in [0.2, 0.25) is 0 Å². The number of rotatable bonds is 7. The van der Waals surface area contributed by atoms with Crippen LogP contribution in [0.5, 0.6) is 0 Å². The van der Waals surface area contributed by atoms with Crippen molar-refractivity contribution < 1.29 is 9.13 Å². The van der Waals surface area contributed by atoms with Gasteiger partial charge >= 0.3 is 0 Å². The average Bonchev–Trinajstić information content (AvgIpc) is 2.61. The van der Waals surface area contributed by atoms with Crippen LogP contribution in [0.4, 0.5) is 4.39 Å². The first-order valence-electron chi connectivity index (χ1n) is 8.46. The van der Waals surface area contributed by atoms with Crippen molar-refractivity contribution in [2.75, 3.05) is 13.7 Å². The molecule has 0 fully saturated rings. The summed E-state index contributed by atoms with van der Waals surface area (Å²) in [4.78, 5) is 4.58. The van der Waals surface area contributed by atoms with E-state index in [1.54, 1.807) is 19.2 Å². The molecule has 2 rings (SSSR count). The van der Waals surface area contributed by atoms with Gasteiger partial charge in [0.1, 0.15) is 5.82 Å². The second kappa shape index (κ2) is 9.79. The van der Waals surface area contributed by atoms with Crippen molar-refractivity contribution in [3.63, 3.8) is 0 Å². The molecule has 0 aliphatic rings. The predicted molar refractivity (Wildman–Crippen MR) is 99.9 cm³/mol. The number of nitrogens with zero attached hydrogens (tertiary/aromatic N) is 1. The number of aliphatic imine (C=N–C) groups is 1. The Hall–Kier alpha value is -2.40. The Bertz CT molecular complexity index is 699. The van der Waals surface area contributed by atoms with Crippen LogP contribution in [0, 0.1) is 12.7 Å². The SMILES string of the molecule is CCNC(=NCc1ccc(F)c(COC)c1)NCc1ccc(C)cc1. The van der Waals surface area contributed by atoms with Crippen LogP contribution in [0.15, 0.2) is 47.5 Å². The van der Waals surface area contributed by atoms with Gasteiger partial charge in [0.15, 0.2) is 5.96 Å². The Morgan fingerprint density at radius 1 is 1.08 bits per heavy atom. The number of halogens is 1. The van der Waals surface area contributed by atoms with E-state index in [2.05, 4.69) is 46.8 Å². The number of guanidine groups is 1. The highest BCUT2D eigenvalue weighted by molar-refractivity contribution is 5.79. The van der Waals surface area contributed by atoms with Crippen molar-refractivity contribution in [3.05, 3.63) is 70.5 Å². The summed E-state index contributed by atoms with van der Waals surface area (Å²) in [7, 11) is 1.56. The molecular formula is C20H26FN3O. The van der Waals surface area contributed by atoms with Gasteiger partial charge in [-0.3, -0.25) is 0 Å². The Kier molecular flexibility index (Phi) is 7.41. The predicted octanol–water partition coefficient (Wildman–Crippen LogP) is 3.54. The molecule has 0 amide bonds. The maximum absolute atomic E-state index is 13.7. The van der Waals surface area contributed by atoms with Gasteiger partial charge in [-0.05, 0) is 37.1 Å². The minimum Gasteiger partial charge on any atom is -0.380 e. The molecule has 0 atom stereocenters. The van der Waals surface area contributed by atoms with Gasteiger partial charge in [-0.2, -0.15) is 0 Å². The number of benzene rings is 2. The Morgan fingerprint density at radius 3 is 2.48 bits per heavy atom. The summed E-state index contributed by atoms with van der Waals surface area (Å²) in [5, 5.41) is 6.54. The molecular weight excluding hydrogens is 317 g/mol. The molecule has 0 bridgehead atoms. The molecule has 0 aliphatic heterocycles. The zero-order chi connectivity index (χ0) is 18.1. The topological polar surface area (TPSA) is 45.7 Å². The number of nitrogens with one attached hydrogen (secondary N) is 2. The first-order valence-corrected chi connectivity index (χ1v) is 8.46. The molecule has 25 heavy (non-hydrogen) atoms. The summed E-state index contributed by atoms with van der Waals surface area (Å²) in [6, 6.07) is 13.4. The third-order valence-corrected chi connectivity index (χ3v) is 3.75. The van der Waals surface area contributed by atoms with Crippen molar-refractivity contribution in [2.24, 2.45) is 4.99 Å². The van der Waals surface area contributed by atoms with E-state index in [1.807, 2.05) is 6.92 Å². The fourth-order valence-electron chi connectivity index (χ4n) is 2.40. The average molecular weight is 343 g/mol. The Labute approximate surface area is 149 Å². The lowest BCUT2D eigenvalue weighted by Gasteiger charge is -2.12. The van der Waals surface area contributed by atoms with E-state index in [9.17, 15) is 4.39 Å². The Balaban J connectivity index is 2.01. The normalized spacial score (nSPS) is 11.4. The van der Waals surface area contributed by atoms with Crippen LogP contribution in [-0.2, 0) is 24.4 Å². The van der Waals surface area contributed by atoms with Crippen LogP contribution >= 0.6 is 0 Å². The molecule has 2 N–H and O–H groups in total. The van der Waals surface area contributed by atoms with E-state index in [0.29, 0.717) is 18.7 Å². The molecule has 0 aromatic heterocycles. The number of methoxy groups -OCH3 is 1. The van der Waals surface area contributed by atoms with E-state index in [4.69, 9.17) is 4.74 Å². The highest BCUT2D eigenvalue weighted by Crippen LogP contribution is 2.12. The van der Waals surface area contributed by atoms with Crippen LogP contribution in [0.1, 0.15) is 29.2 Å². The van der Waals surface area contributed by atoms with Crippen LogP contribution < -0.4 is 10.6 Å². The van der Waals surface area contributed by atoms with Crippen molar-refractivity contribution in [3.8, 4) is 0 Å². The van der Waals surface area contributed by atoms with Crippen molar-refractivity contribution in [1.82, 2.24) is 10.6 Å². The highest BCUT2D eigenvalue weighted by atomic mass is 19.1. The van der Waals surface area contributed by atoms with Crippen molar-refractivity contribution in [2.45, 2.75) is 33.5 Å². The first kappa shape index (κ1) is 18.9. The molecule has 0 unspecified atom stereocenters. The lowest BCUT2D eigenvalue weighted by Crippen LogP contribution is -2.36. The van der Waals surface area contributed by atoms with E-state index in [1.165, 1.54) is 17.2 Å². The molecule has 5 heteroatoms. The number of hydrogen-bond acceptors (Lipinski definition) is 2. The summed E-state index contributed by atoms with van der Waals surface area (Å²) in [5.74, 6) is 0.486. The molecule has 134 valence electrons. The molecule has 2 aromatic carbocycles. The third kappa shape index (κ3) is 6.19. The minimum absolute atomic E-state index is 0.251. The van der Waals surface area contributed by atoms with Gasteiger partial charge in [-0.25, -0.2) is 9.38 Å². The van der Waals surface area contributed by atoms with E-state index in [0.717, 1.165) is 18.1 Å². The quantitative estimate of drug-likeness (QED) is 0.597. The molecule has 0 spiro atoms. The fourth-order valence-corrected chi connectivity index (χ4v) is 2.40. The molecule has 0 radical (unpaired) electrons. The zero-order valence-electron chi connectivity index (χ0n) is 15.1. The molecule has 2 aromatic rings. The Morgan fingerprint density at radius 2 is 1.80 bits per heavy atom.